The molecule has 0 aliphatic rings. The molecule has 0 aliphatic heterocycles. The van der Waals surface area contributed by atoms with Crippen LogP contribution in [0.4, 0.5) is 0 Å². The van der Waals surface area contributed by atoms with Gasteiger partial charge in [-0.1, -0.05) is 24.4 Å². The van der Waals surface area contributed by atoms with Crippen LogP contribution >= 0.6 is 46.0 Å². The molecule has 0 saturated carbocycles. The first-order valence-electron chi connectivity index (χ1n) is 3.54. The van der Waals surface area contributed by atoms with Crippen molar-refractivity contribution >= 4 is 54.7 Å². The lowest BCUT2D eigenvalue weighted by atomic mass is 10.6. The summed E-state index contributed by atoms with van der Waals surface area (Å²) in [7, 11) is 2.79. The molecule has 12 heavy (non-hydrogen) atoms. The van der Waals surface area contributed by atoms with Crippen LogP contribution in [0.15, 0.2) is 0 Å². The fourth-order valence-corrected chi connectivity index (χ4v) is 2.78. The second kappa shape index (κ2) is 6.94. The lowest BCUT2D eigenvalue weighted by molar-refractivity contribution is 0.482. The van der Waals surface area contributed by atoms with Crippen molar-refractivity contribution < 1.29 is 0 Å². The van der Waals surface area contributed by atoms with E-state index >= 15 is 0 Å². The Kier molecular flexibility index (Phi) is 7.22. The molecule has 0 atom stereocenters. The summed E-state index contributed by atoms with van der Waals surface area (Å²) in [5.74, 6) is 0. The minimum absolute atomic E-state index is 0.425. The van der Waals surface area contributed by atoms with E-state index in [0.29, 0.717) is 4.32 Å². The van der Waals surface area contributed by atoms with Crippen molar-refractivity contribution in [2.24, 2.45) is 5.73 Å². The zero-order valence-corrected chi connectivity index (χ0v) is 10.3. The van der Waals surface area contributed by atoms with Crippen LogP contribution in [0, 0.1) is 0 Å². The number of thiocarbonyl (C=S) groups is 2. The maximum atomic E-state index is 5.32. The number of hydrogen-bond donors (Lipinski definition) is 1. The molecule has 0 radical (unpaired) electrons. The van der Waals surface area contributed by atoms with E-state index in [-0.39, 0.29) is 0 Å². The van der Waals surface area contributed by atoms with Gasteiger partial charge in [0.1, 0.15) is 8.64 Å². The average Bonchev–Trinajstić information content (AvgIpc) is 2.03. The molecule has 0 rings (SSSR count). The van der Waals surface area contributed by atoms with Gasteiger partial charge < -0.3 is 10.6 Å². The second-order valence-corrected chi connectivity index (χ2v) is 5.43. The molecule has 0 aromatic carbocycles. The SMILES string of the molecule is CCN(CC)C(=S)SSC(N)=S. The fourth-order valence-electron chi connectivity index (χ4n) is 0.611. The van der Waals surface area contributed by atoms with Crippen LogP contribution < -0.4 is 5.73 Å². The number of nitrogens with two attached hydrogens (primary N) is 1. The minimum Gasteiger partial charge on any atom is -0.384 e. The van der Waals surface area contributed by atoms with Crippen LogP contribution in [0.2, 0.25) is 0 Å². The molecule has 0 aliphatic carbocycles. The van der Waals surface area contributed by atoms with Crippen LogP contribution in [0.5, 0.6) is 0 Å². The van der Waals surface area contributed by atoms with Crippen molar-refractivity contribution in [3.05, 3.63) is 0 Å². The first kappa shape index (κ1) is 12.5. The van der Waals surface area contributed by atoms with E-state index in [0.717, 1.165) is 17.4 Å². The quantitative estimate of drug-likeness (QED) is 0.588. The molecule has 70 valence electrons. The van der Waals surface area contributed by atoms with Gasteiger partial charge >= 0.3 is 0 Å². The van der Waals surface area contributed by atoms with Gasteiger partial charge in [-0.05, 0) is 35.4 Å². The molecule has 0 unspecified atom stereocenters. The Morgan fingerprint density at radius 1 is 1.25 bits per heavy atom. The lowest BCUT2D eigenvalue weighted by Gasteiger charge is -2.19. The van der Waals surface area contributed by atoms with Gasteiger partial charge in [-0.3, -0.25) is 0 Å². The molecular weight excluding hydrogens is 228 g/mol. The Balaban J connectivity index is 3.77. The zero-order chi connectivity index (χ0) is 9.56. The molecule has 2 nitrogen and oxygen atoms in total. The Morgan fingerprint density at radius 3 is 2.08 bits per heavy atom. The summed E-state index contributed by atoms with van der Waals surface area (Å²) in [6.07, 6.45) is 0. The molecule has 0 spiro atoms. The Bertz CT molecular complexity index is 167. The van der Waals surface area contributed by atoms with E-state index in [9.17, 15) is 0 Å². The van der Waals surface area contributed by atoms with Crippen molar-refractivity contribution in [1.82, 2.24) is 4.90 Å². The van der Waals surface area contributed by atoms with Crippen molar-refractivity contribution in [2.75, 3.05) is 13.1 Å². The topological polar surface area (TPSA) is 29.3 Å². The first-order valence-corrected chi connectivity index (χ1v) is 6.51. The Morgan fingerprint density at radius 2 is 1.75 bits per heavy atom. The fraction of sp³-hybridized carbons (Fsp3) is 0.667. The maximum Gasteiger partial charge on any atom is 0.147 e. The third-order valence-corrected chi connectivity index (χ3v) is 4.52. The second-order valence-electron chi connectivity index (χ2n) is 1.92. The van der Waals surface area contributed by atoms with Crippen molar-refractivity contribution in [3.8, 4) is 0 Å². The summed E-state index contributed by atoms with van der Waals surface area (Å²) in [4.78, 5) is 2.09. The largest absolute Gasteiger partial charge is 0.384 e. The monoisotopic (exact) mass is 240 g/mol. The van der Waals surface area contributed by atoms with Gasteiger partial charge in [-0.15, -0.1) is 0 Å². The highest BCUT2D eigenvalue weighted by Crippen LogP contribution is 2.24. The Labute approximate surface area is 92.0 Å². The first-order chi connectivity index (χ1) is 5.61. The lowest BCUT2D eigenvalue weighted by Crippen LogP contribution is -2.26. The summed E-state index contributed by atoms with van der Waals surface area (Å²) in [6, 6.07) is 0. The molecule has 0 saturated heterocycles. The van der Waals surface area contributed by atoms with E-state index < -0.39 is 0 Å². The predicted molar refractivity (Wildman–Crippen MR) is 67.5 cm³/mol. The molecule has 0 fully saturated rings. The van der Waals surface area contributed by atoms with Gasteiger partial charge in [0, 0.05) is 13.1 Å². The van der Waals surface area contributed by atoms with Gasteiger partial charge in [0.15, 0.2) is 0 Å². The van der Waals surface area contributed by atoms with E-state index in [4.69, 9.17) is 30.2 Å². The molecule has 2 N–H and O–H groups in total. The summed E-state index contributed by atoms with van der Waals surface area (Å²) in [6.45, 7) is 6.00. The number of hydrogen-bond acceptors (Lipinski definition) is 4. The molecule has 0 aromatic heterocycles. The number of nitrogens with zero attached hydrogens (tertiary/aromatic N) is 1. The molecule has 0 amide bonds. The van der Waals surface area contributed by atoms with Crippen LogP contribution in [0.25, 0.3) is 0 Å². The van der Waals surface area contributed by atoms with Crippen LogP contribution in [-0.4, -0.2) is 26.6 Å². The summed E-state index contributed by atoms with van der Waals surface area (Å²) < 4.78 is 1.27. The third kappa shape index (κ3) is 5.18. The minimum atomic E-state index is 0.425. The smallest absolute Gasteiger partial charge is 0.147 e. The van der Waals surface area contributed by atoms with Crippen LogP contribution in [0.1, 0.15) is 13.8 Å². The summed E-state index contributed by atoms with van der Waals surface area (Å²) >= 11 is 9.86. The highest BCUT2D eigenvalue weighted by molar-refractivity contribution is 8.89. The van der Waals surface area contributed by atoms with Gasteiger partial charge in [0.05, 0.1) is 0 Å². The van der Waals surface area contributed by atoms with Crippen LogP contribution in [-0.2, 0) is 0 Å². The molecule has 0 bridgehead atoms. The Hall–Kier alpha value is 0.480. The van der Waals surface area contributed by atoms with Gasteiger partial charge in [0.2, 0.25) is 0 Å². The van der Waals surface area contributed by atoms with Gasteiger partial charge in [0.25, 0.3) is 0 Å². The summed E-state index contributed by atoms with van der Waals surface area (Å²) in [5, 5.41) is 0. The van der Waals surface area contributed by atoms with Gasteiger partial charge in [-0.25, -0.2) is 0 Å². The predicted octanol–water partition coefficient (Wildman–Crippen LogP) is 2.24. The standard InChI is InChI=1S/C6H12N2S4/c1-3-8(4-2)6(10)12-11-5(7)9/h3-4H2,1-2H3,(H2,7,9). The number of rotatable bonds is 2. The van der Waals surface area contributed by atoms with Crippen molar-refractivity contribution in [2.45, 2.75) is 13.8 Å². The van der Waals surface area contributed by atoms with E-state index in [1.165, 1.54) is 21.6 Å². The summed E-state index contributed by atoms with van der Waals surface area (Å²) in [5.41, 5.74) is 5.32. The normalized spacial score (nSPS) is 9.50. The zero-order valence-electron chi connectivity index (χ0n) is 7.07. The van der Waals surface area contributed by atoms with E-state index in [1.807, 2.05) is 0 Å². The van der Waals surface area contributed by atoms with Gasteiger partial charge in [-0.2, -0.15) is 0 Å². The maximum absolute atomic E-state index is 5.32. The molecule has 6 heteroatoms. The third-order valence-electron chi connectivity index (χ3n) is 1.22. The van der Waals surface area contributed by atoms with E-state index in [1.54, 1.807) is 0 Å². The average molecular weight is 240 g/mol. The van der Waals surface area contributed by atoms with Crippen molar-refractivity contribution in [3.63, 3.8) is 0 Å². The van der Waals surface area contributed by atoms with Crippen LogP contribution in [0.3, 0.4) is 0 Å². The highest BCUT2D eigenvalue weighted by atomic mass is 33.1. The molecular formula is C6H12N2S4. The highest BCUT2D eigenvalue weighted by Gasteiger charge is 2.06. The van der Waals surface area contributed by atoms with E-state index in [2.05, 4.69) is 18.7 Å². The molecule has 0 heterocycles. The van der Waals surface area contributed by atoms with Crippen molar-refractivity contribution in [1.29, 1.82) is 0 Å². The molecule has 0 aromatic rings.